The first kappa shape index (κ1) is 18.7. The SMILES string of the molecule is CC(=O)NS(=O)(=O)c1c(C(C)C)cc(C(C)C)cc1C(C)C. The Morgan fingerprint density at radius 2 is 1.32 bits per heavy atom. The van der Waals surface area contributed by atoms with Crippen molar-refractivity contribution in [3.8, 4) is 0 Å². The second-order valence-corrected chi connectivity index (χ2v) is 8.27. The third kappa shape index (κ3) is 4.09. The van der Waals surface area contributed by atoms with E-state index in [-0.39, 0.29) is 16.7 Å². The number of carbonyl (C=O) groups excluding carboxylic acids is 1. The smallest absolute Gasteiger partial charge is 0.264 e. The van der Waals surface area contributed by atoms with E-state index in [0.29, 0.717) is 5.92 Å². The molecule has 0 heterocycles. The molecule has 1 N–H and O–H groups in total. The molecule has 5 heteroatoms. The summed E-state index contributed by atoms with van der Waals surface area (Å²) >= 11 is 0. The average molecular weight is 325 g/mol. The van der Waals surface area contributed by atoms with Gasteiger partial charge < -0.3 is 0 Å². The van der Waals surface area contributed by atoms with Crippen LogP contribution in [-0.4, -0.2) is 14.3 Å². The zero-order valence-corrected chi connectivity index (χ0v) is 15.3. The van der Waals surface area contributed by atoms with Gasteiger partial charge in [0, 0.05) is 6.92 Å². The number of carbonyl (C=O) groups is 1. The van der Waals surface area contributed by atoms with Crippen LogP contribution in [0, 0.1) is 0 Å². The largest absolute Gasteiger partial charge is 0.274 e. The number of hydrogen-bond donors (Lipinski definition) is 1. The lowest BCUT2D eigenvalue weighted by atomic mass is 9.89. The van der Waals surface area contributed by atoms with E-state index in [1.54, 1.807) is 0 Å². The minimum Gasteiger partial charge on any atom is -0.274 e. The van der Waals surface area contributed by atoms with Crippen LogP contribution in [0.1, 0.15) is 82.9 Å². The van der Waals surface area contributed by atoms with Gasteiger partial charge in [0.25, 0.3) is 10.0 Å². The zero-order chi connectivity index (χ0) is 17.2. The quantitative estimate of drug-likeness (QED) is 0.893. The molecule has 22 heavy (non-hydrogen) atoms. The Bertz CT molecular complexity index is 629. The van der Waals surface area contributed by atoms with Crippen LogP contribution < -0.4 is 4.72 Å². The summed E-state index contributed by atoms with van der Waals surface area (Å²) < 4.78 is 27.4. The molecule has 0 aliphatic heterocycles. The highest BCUT2D eigenvalue weighted by Gasteiger charge is 2.27. The Balaban J connectivity index is 3.77. The predicted molar refractivity (Wildman–Crippen MR) is 89.7 cm³/mol. The van der Waals surface area contributed by atoms with Crippen LogP contribution in [0.3, 0.4) is 0 Å². The molecule has 0 aliphatic rings. The van der Waals surface area contributed by atoms with Gasteiger partial charge in [0.05, 0.1) is 4.90 Å². The monoisotopic (exact) mass is 325 g/mol. The highest BCUT2D eigenvalue weighted by atomic mass is 32.2. The molecule has 1 amide bonds. The first-order valence-electron chi connectivity index (χ1n) is 7.68. The lowest BCUT2D eigenvalue weighted by molar-refractivity contribution is -0.117. The lowest BCUT2D eigenvalue weighted by Gasteiger charge is -2.22. The molecule has 1 rings (SSSR count). The Morgan fingerprint density at radius 3 is 1.59 bits per heavy atom. The summed E-state index contributed by atoms with van der Waals surface area (Å²) in [6.07, 6.45) is 0. The van der Waals surface area contributed by atoms with Gasteiger partial charge in [0.15, 0.2) is 0 Å². The Kier molecular flexibility index (Phi) is 5.79. The normalized spacial score (nSPS) is 12.3. The van der Waals surface area contributed by atoms with Gasteiger partial charge in [-0.25, -0.2) is 13.1 Å². The zero-order valence-electron chi connectivity index (χ0n) is 14.5. The van der Waals surface area contributed by atoms with Gasteiger partial charge in [0.2, 0.25) is 5.91 Å². The summed E-state index contributed by atoms with van der Waals surface area (Å²) in [7, 11) is -3.85. The minimum absolute atomic E-state index is 0.0507. The number of nitrogens with one attached hydrogen (secondary N) is 1. The van der Waals surface area contributed by atoms with Crippen LogP contribution in [0.2, 0.25) is 0 Å². The third-order valence-corrected chi connectivity index (χ3v) is 5.19. The van der Waals surface area contributed by atoms with Crippen molar-refractivity contribution in [2.24, 2.45) is 0 Å². The Morgan fingerprint density at radius 1 is 0.909 bits per heavy atom. The van der Waals surface area contributed by atoms with Gasteiger partial charge in [-0.05, 0) is 34.4 Å². The van der Waals surface area contributed by atoms with E-state index in [0.717, 1.165) is 16.7 Å². The summed E-state index contributed by atoms with van der Waals surface area (Å²) in [4.78, 5) is 11.5. The van der Waals surface area contributed by atoms with Crippen molar-refractivity contribution >= 4 is 15.9 Å². The van der Waals surface area contributed by atoms with Crippen molar-refractivity contribution in [1.29, 1.82) is 0 Å². The molecule has 0 radical (unpaired) electrons. The van der Waals surface area contributed by atoms with Gasteiger partial charge >= 0.3 is 0 Å². The van der Waals surface area contributed by atoms with Crippen LogP contribution in [0.4, 0.5) is 0 Å². The summed E-state index contributed by atoms with van der Waals surface area (Å²) in [6.45, 7) is 13.3. The molecular weight excluding hydrogens is 298 g/mol. The molecular formula is C17H27NO3S. The maximum absolute atomic E-state index is 12.6. The highest BCUT2D eigenvalue weighted by molar-refractivity contribution is 7.90. The first-order valence-corrected chi connectivity index (χ1v) is 9.16. The molecule has 1 aromatic carbocycles. The van der Waals surface area contributed by atoms with E-state index in [9.17, 15) is 13.2 Å². The summed E-state index contributed by atoms with van der Waals surface area (Å²) in [5.74, 6) is -0.158. The molecule has 0 fully saturated rings. The van der Waals surface area contributed by atoms with Crippen molar-refractivity contribution in [3.05, 3.63) is 28.8 Å². The Hall–Kier alpha value is -1.36. The van der Waals surface area contributed by atoms with Crippen LogP contribution in [0.15, 0.2) is 17.0 Å². The van der Waals surface area contributed by atoms with Crippen LogP contribution in [-0.2, 0) is 14.8 Å². The fourth-order valence-electron chi connectivity index (χ4n) is 2.44. The molecule has 0 atom stereocenters. The molecule has 1 aromatic rings. The molecule has 0 bridgehead atoms. The van der Waals surface area contributed by atoms with Gasteiger partial charge in [-0.3, -0.25) is 4.79 Å². The molecule has 0 saturated carbocycles. The van der Waals surface area contributed by atoms with E-state index in [1.807, 2.05) is 39.8 Å². The molecule has 0 aromatic heterocycles. The molecule has 0 spiro atoms. The average Bonchev–Trinajstić information content (AvgIpc) is 2.35. The summed E-state index contributed by atoms with van der Waals surface area (Å²) in [5.41, 5.74) is 2.65. The highest BCUT2D eigenvalue weighted by Crippen LogP contribution is 2.34. The third-order valence-electron chi connectivity index (χ3n) is 3.63. The number of benzene rings is 1. The van der Waals surface area contributed by atoms with Crippen molar-refractivity contribution < 1.29 is 13.2 Å². The number of amides is 1. The van der Waals surface area contributed by atoms with Crippen molar-refractivity contribution in [2.75, 3.05) is 0 Å². The molecule has 124 valence electrons. The molecule has 0 unspecified atom stereocenters. The lowest BCUT2D eigenvalue weighted by Crippen LogP contribution is -2.30. The molecule has 4 nitrogen and oxygen atoms in total. The van der Waals surface area contributed by atoms with Crippen LogP contribution in [0.25, 0.3) is 0 Å². The van der Waals surface area contributed by atoms with Crippen LogP contribution >= 0.6 is 0 Å². The fraction of sp³-hybridized carbons (Fsp3) is 0.588. The topological polar surface area (TPSA) is 63.2 Å². The van der Waals surface area contributed by atoms with E-state index >= 15 is 0 Å². The first-order chi connectivity index (χ1) is 9.97. The number of hydrogen-bond acceptors (Lipinski definition) is 3. The number of sulfonamides is 1. The second kappa shape index (κ2) is 6.82. The van der Waals surface area contributed by atoms with E-state index in [2.05, 4.69) is 18.6 Å². The number of rotatable bonds is 5. The van der Waals surface area contributed by atoms with Gasteiger partial charge in [-0.1, -0.05) is 53.7 Å². The fourth-order valence-corrected chi connectivity index (χ4v) is 4.13. The predicted octanol–water partition coefficient (Wildman–Crippen LogP) is 3.88. The summed E-state index contributed by atoms with van der Waals surface area (Å²) in [5, 5.41) is 0. The van der Waals surface area contributed by atoms with E-state index in [1.165, 1.54) is 6.92 Å². The minimum atomic E-state index is -3.85. The maximum Gasteiger partial charge on any atom is 0.264 e. The molecule has 0 saturated heterocycles. The standard InChI is InChI=1S/C17H27NO3S/c1-10(2)14-8-15(11(3)4)17(16(9-14)12(5)6)22(20,21)18-13(7)19/h8-12H,1-7H3,(H,18,19). The molecule has 0 aliphatic carbocycles. The van der Waals surface area contributed by atoms with E-state index in [4.69, 9.17) is 0 Å². The van der Waals surface area contributed by atoms with Gasteiger partial charge in [0.1, 0.15) is 0 Å². The summed E-state index contributed by atoms with van der Waals surface area (Å²) in [6, 6.07) is 3.91. The van der Waals surface area contributed by atoms with Crippen molar-refractivity contribution in [2.45, 2.75) is 71.1 Å². The Labute approximate surface area is 134 Å². The van der Waals surface area contributed by atoms with Gasteiger partial charge in [-0.15, -0.1) is 0 Å². The van der Waals surface area contributed by atoms with Crippen molar-refractivity contribution in [1.82, 2.24) is 4.72 Å². The van der Waals surface area contributed by atoms with E-state index < -0.39 is 15.9 Å². The maximum atomic E-state index is 12.6. The van der Waals surface area contributed by atoms with Gasteiger partial charge in [-0.2, -0.15) is 0 Å². The second-order valence-electron chi connectivity index (χ2n) is 6.65. The van der Waals surface area contributed by atoms with Crippen molar-refractivity contribution in [3.63, 3.8) is 0 Å². The van der Waals surface area contributed by atoms with Crippen LogP contribution in [0.5, 0.6) is 0 Å².